The number of imidazole rings is 1. The first-order valence-electron chi connectivity index (χ1n) is 10.5. The summed E-state index contributed by atoms with van der Waals surface area (Å²) < 4.78 is 5.98. The molecule has 1 aromatic heterocycles. The lowest BCUT2D eigenvalue weighted by Gasteiger charge is -2.30. The molecule has 4 rings (SSSR count). The van der Waals surface area contributed by atoms with Gasteiger partial charge in [0.1, 0.15) is 5.72 Å². The summed E-state index contributed by atoms with van der Waals surface area (Å²) in [7, 11) is 0. The minimum Gasteiger partial charge on any atom is -0.355 e. The van der Waals surface area contributed by atoms with E-state index in [2.05, 4.69) is 60.3 Å². The number of carbonyl (C=O) groups excluding carboxylic acids is 1. The van der Waals surface area contributed by atoms with Gasteiger partial charge in [-0.2, -0.15) is 0 Å². The summed E-state index contributed by atoms with van der Waals surface area (Å²) in [5.74, 6) is 0.453. The maximum Gasteiger partial charge on any atom is 0.202 e. The minimum absolute atomic E-state index is 0.0188. The highest BCUT2D eigenvalue weighted by Gasteiger charge is 2.32. The minimum atomic E-state index is -0.468. The van der Waals surface area contributed by atoms with Crippen molar-refractivity contribution >= 4 is 11.4 Å². The zero-order valence-corrected chi connectivity index (χ0v) is 17.9. The second-order valence-electron chi connectivity index (χ2n) is 9.29. The van der Waals surface area contributed by atoms with Gasteiger partial charge in [0, 0.05) is 24.9 Å². The summed E-state index contributed by atoms with van der Waals surface area (Å²) in [6.07, 6.45) is 7.64. The summed E-state index contributed by atoms with van der Waals surface area (Å²) in [6.45, 7) is 10.2. The van der Waals surface area contributed by atoms with Crippen molar-refractivity contribution in [2.45, 2.75) is 59.1 Å². The van der Waals surface area contributed by atoms with Crippen LogP contribution >= 0.6 is 0 Å². The molecule has 0 bridgehead atoms. The van der Waals surface area contributed by atoms with Crippen LogP contribution in [-0.2, 0) is 16.9 Å². The number of benzene rings is 1. The molecule has 2 heterocycles. The van der Waals surface area contributed by atoms with Crippen molar-refractivity contribution in [3.05, 3.63) is 58.7 Å². The Labute approximate surface area is 173 Å². The Bertz CT molecular complexity index is 949. The second-order valence-corrected chi connectivity index (χ2v) is 9.29. The van der Waals surface area contributed by atoms with E-state index in [0.29, 0.717) is 24.3 Å². The van der Waals surface area contributed by atoms with Crippen molar-refractivity contribution < 1.29 is 9.53 Å². The number of Topliss-reactive ketones (excluding diaryl/α,β-unsaturated/α-hetero) is 1. The molecule has 5 heteroatoms. The van der Waals surface area contributed by atoms with Gasteiger partial charge in [0.05, 0.1) is 6.61 Å². The molecule has 1 aliphatic carbocycles. The predicted octanol–water partition coefficient (Wildman–Crippen LogP) is 4.53. The van der Waals surface area contributed by atoms with Crippen LogP contribution in [0.1, 0.15) is 73.0 Å². The Morgan fingerprint density at radius 2 is 2.10 bits per heavy atom. The fraction of sp³-hybridized carbons (Fsp3) is 0.500. The standard InChI is InChI=1S/C24H31N3O2/c1-16-15-25-22(27-16)21(28)13-18-5-6-19(24(4)26-11-12-29-24)14-20(18)17-7-9-23(2,3)10-8-17/h5-7,14-15,26H,8-13H2,1-4H3,(H,25,27). The maximum atomic E-state index is 12.8. The quantitative estimate of drug-likeness (QED) is 0.733. The largest absolute Gasteiger partial charge is 0.355 e. The van der Waals surface area contributed by atoms with Gasteiger partial charge in [-0.05, 0) is 66.9 Å². The molecule has 29 heavy (non-hydrogen) atoms. The molecular weight excluding hydrogens is 362 g/mol. The molecule has 1 aromatic carbocycles. The zero-order valence-electron chi connectivity index (χ0n) is 17.9. The highest BCUT2D eigenvalue weighted by molar-refractivity contribution is 5.95. The Kier molecular flexibility index (Phi) is 5.21. The molecule has 2 aromatic rings. The molecule has 0 amide bonds. The number of H-pyrrole nitrogens is 1. The van der Waals surface area contributed by atoms with E-state index in [9.17, 15) is 4.79 Å². The number of rotatable bonds is 5. The van der Waals surface area contributed by atoms with Crippen molar-refractivity contribution in [3.8, 4) is 0 Å². The lowest BCUT2D eigenvalue weighted by Crippen LogP contribution is -2.34. The van der Waals surface area contributed by atoms with E-state index in [4.69, 9.17) is 4.74 Å². The van der Waals surface area contributed by atoms with Crippen molar-refractivity contribution in [2.75, 3.05) is 13.2 Å². The second kappa shape index (κ2) is 7.54. The predicted molar refractivity (Wildman–Crippen MR) is 115 cm³/mol. The number of nitrogens with zero attached hydrogens (tertiary/aromatic N) is 1. The molecule has 0 radical (unpaired) electrons. The van der Waals surface area contributed by atoms with E-state index in [1.165, 1.54) is 11.1 Å². The first kappa shape index (κ1) is 20.0. The fourth-order valence-electron chi connectivity index (χ4n) is 4.24. The molecule has 154 valence electrons. The number of carbonyl (C=O) groups is 1. The summed E-state index contributed by atoms with van der Waals surface area (Å²) in [6, 6.07) is 6.40. The highest BCUT2D eigenvalue weighted by Crippen LogP contribution is 2.40. The van der Waals surface area contributed by atoms with Gasteiger partial charge in [0.25, 0.3) is 0 Å². The van der Waals surface area contributed by atoms with Gasteiger partial charge < -0.3 is 9.72 Å². The van der Waals surface area contributed by atoms with E-state index >= 15 is 0 Å². The average Bonchev–Trinajstić information content (AvgIpc) is 3.31. The van der Waals surface area contributed by atoms with Crippen LogP contribution in [-0.4, -0.2) is 28.9 Å². The third kappa shape index (κ3) is 4.21. The lowest BCUT2D eigenvalue weighted by atomic mass is 9.76. The molecule has 1 fully saturated rings. The van der Waals surface area contributed by atoms with Gasteiger partial charge in [-0.25, -0.2) is 4.98 Å². The van der Waals surface area contributed by atoms with Crippen molar-refractivity contribution in [1.29, 1.82) is 0 Å². The van der Waals surface area contributed by atoms with Crippen LogP contribution < -0.4 is 5.32 Å². The topological polar surface area (TPSA) is 67.0 Å². The number of hydrogen-bond donors (Lipinski definition) is 2. The number of aryl methyl sites for hydroxylation is 1. The average molecular weight is 394 g/mol. The molecule has 1 unspecified atom stereocenters. The van der Waals surface area contributed by atoms with Crippen molar-refractivity contribution in [2.24, 2.45) is 5.41 Å². The number of ether oxygens (including phenoxy) is 1. The number of nitrogens with one attached hydrogen (secondary N) is 2. The Morgan fingerprint density at radius 1 is 1.28 bits per heavy atom. The van der Waals surface area contributed by atoms with Gasteiger partial charge in [-0.15, -0.1) is 0 Å². The normalized spacial score (nSPS) is 23.8. The van der Waals surface area contributed by atoms with Crippen molar-refractivity contribution in [1.82, 2.24) is 15.3 Å². The third-order valence-electron chi connectivity index (χ3n) is 6.25. The van der Waals surface area contributed by atoms with E-state index in [1.54, 1.807) is 6.20 Å². The molecule has 2 N–H and O–H groups in total. The summed E-state index contributed by atoms with van der Waals surface area (Å²) in [5, 5.41) is 3.46. The number of aromatic amines is 1. The molecule has 1 saturated heterocycles. The SMILES string of the molecule is Cc1cnc(C(=O)Cc2ccc(C3(C)NCCO3)cc2C2=CCC(C)(C)CC2)[nH]1. The Morgan fingerprint density at radius 3 is 2.72 bits per heavy atom. The van der Waals surface area contributed by atoms with Gasteiger partial charge in [0.2, 0.25) is 5.78 Å². The maximum absolute atomic E-state index is 12.8. The number of aromatic nitrogens is 2. The monoisotopic (exact) mass is 393 g/mol. The van der Waals surface area contributed by atoms with Crippen LogP contribution in [0.3, 0.4) is 0 Å². The van der Waals surface area contributed by atoms with Crippen molar-refractivity contribution in [3.63, 3.8) is 0 Å². The van der Waals surface area contributed by atoms with Crippen LogP contribution in [0, 0.1) is 12.3 Å². The van der Waals surface area contributed by atoms with Crippen LogP contribution in [0.25, 0.3) is 5.57 Å². The smallest absolute Gasteiger partial charge is 0.202 e. The van der Waals surface area contributed by atoms with E-state index < -0.39 is 5.72 Å². The lowest BCUT2D eigenvalue weighted by molar-refractivity contribution is 0.00244. The number of ketones is 1. The molecule has 1 atom stereocenters. The Hall–Kier alpha value is -2.24. The van der Waals surface area contributed by atoms with Crippen LogP contribution in [0.4, 0.5) is 0 Å². The first-order chi connectivity index (χ1) is 13.8. The zero-order chi connectivity index (χ0) is 20.6. The Balaban J connectivity index is 1.70. The molecule has 0 saturated carbocycles. The number of hydrogen-bond acceptors (Lipinski definition) is 4. The fourth-order valence-corrected chi connectivity index (χ4v) is 4.24. The van der Waals surface area contributed by atoms with E-state index in [-0.39, 0.29) is 5.78 Å². The first-order valence-corrected chi connectivity index (χ1v) is 10.5. The summed E-state index contributed by atoms with van der Waals surface area (Å²) >= 11 is 0. The van der Waals surface area contributed by atoms with Gasteiger partial charge in [-0.1, -0.05) is 32.1 Å². The molecule has 2 aliphatic rings. The van der Waals surface area contributed by atoms with Gasteiger partial charge >= 0.3 is 0 Å². The van der Waals surface area contributed by atoms with Crippen LogP contribution in [0.15, 0.2) is 30.5 Å². The summed E-state index contributed by atoms with van der Waals surface area (Å²) in [4.78, 5) is 20.1. The van der Waals surface area contributed by atoms with E-state index in [0.717, 1.165) is 42.6 Å². The van der Waals surface area contributed by atoms with Gasteiger partial charge in [0.15, 0.2) is 5.82 Å². The van der Waals surface area contributed by atoms with E-state index in [1.807, 2.05) is 6.92 Å². The summed E-state index contributed by atoms with van der Waals surface area (Å²) in [5.41, 5.74) is 5.45. The molecule has 1 aliphatic heterocycles. The van der Waals surface area contributed by atoms with Crippen LogP contribution in [0.2, 0.25) is 0 Å². The molecule has 5 nitrogen and oxygen atoms in total. The van der Waals surface area contributed by atoms with Crippen LogP contribution in [0.5, 0.6) is 0 Å². The highest BCUT2D eigenvalue weighted by atomic mass is 16.5. The molecular formula is C24H31N3O2. The molecule has 0 spiro atoms. The number of allylic oxidation sites excluding steroid dienone is 2. The third-order valence-corrected chi connectivity index (χ3v) is 6.25. The van der Waals surface area contributed by atoms with Gasteiger partial charge in [-0.3, -0.25) is 10.1 Å².